The Morgan fingerprint density at radius 3 is 2.52 bits per heavy atom. The van der Waals surface area contributed by atoms with Crippen LogP contribution in [0.4, 0.5) is 0 Å². The number of aromatic hydroxyl groups is 2. The number of benzene rings is 1. The molecule has 150 valence electrons. The van der Waals surface area contributed by atoms with Crippen LogP contribution in [-0.2, 0) is 11.0 Å². The average molecular weight is 394 g/mol. The van der Waals surface area contributed by atoms with Crippen LogP contribution in [0.2, 0.25) is 0 Å². The van der Waals surface area contributed by atoms with Crippen molar-refractivity contribution in [2.75, 3.05) is 0 Å². The van der Waals surface area contributed by atoms with Crippen molar-refractivity contribution in [2.24, 2.45) is 5.92 Å². The van der Waals surface area contributed by atoms with Gasteiger partial charge in [0.1, 0.15) is 16.8 Å². The summed E-state index contributed by atoms with van der Waals surface area (Å²) in [4.78, 5) is 19.8. The third kappa shape index (κ3) is 4.84. The Hall–Kier alpha value is -1.55. The molecule has 0 bridgehead atoms. The number of hydrogen-bond donors (Lipinski definition) is 4. The highest BCUT2D eigenvalue weighted by Gasteiger charge is 2.35. The monoisotopic (exact) mass is 394 g/mol. The Morgan fingerprint density at radius 2 is 1.96 bits per heavy atom. The molecule has 0 saturated heterocycles. The number of unbranched alkanes of at least 4 members (excludes halogenated alkanes) is 2. The van der Waals surface area contributed by atoms with Crippen molar-refractivity contribution >= 4 is 12.9 Å². The Bertz CT molecular complexity index is 790. The van der Waals surface area contributed by atoms with Crippen molar-refractivity contribution in [2.45, 2.75) is 65.2 Å². The molecule has 0 saturated carbocycles. The maximum absolute atomic E-state index is 12.2. The number of phenols is 2. The lowest BCUT2D eigenvalue weighted by Gasteiger charge is -2.32. The highest BCUT2D eigenvalue weighted by atomic mass is 31.2. The van der Waals surface area contributed by atoms with Gasteiger partial charge >= 0.3 is 7.60 Å². The summed E-state index contributed by atoms with van der Waals surface area (Å²) in [5.41, 5.74) is 2.56. The molecule has 5 nitrogen and oxygen atoms in total. The fraction of sp³-hybridized carbons (Fsp3) is 0.524. The van der Waals surface area contributed by atoms with E-state index in [2.05, 4.69) is 6.58 Å². The number of aryl methyl sites for hydroxylation is 1. The molecule has 1 aliphatic carbocycles. The first-order chi connectivity index (χ1) is 12.6. The van der Waals surface area contributed by atoms with Crippen LogP contribution >= 0.6 is 7.60 Å². The highest BCUT2D eigenvalue weighted by Crippen LogP contribution is 2.49. The maximum atomic E-state index is 12.2. The van der Waals surface area contributed by atoms with Crippen LogP contribution in [0.25, 0.3) is 0 Å². The predicted molar refractivity (Wildman–Crippen MR) is 109 cm³/mol. The summed E-state index contributed by atoms with van der Waals surface area (Å²) < 4.78 is 12.2. The lowest BCUT2D eigenvalue weighted by atomic mass is 9.73. The van der Waals surface area contributed by atoms with Crippen LogP contribution in [0.5, 0.6) is 11.5 Å². The molecule has 6 heteroatoms. The van der Waals surface area contributed by atoms with E-state index in [0.29, 0.717) is 12.0 Å². The second-order valence-electron chi connectivity index (χ2n) is 7.70. The van der Waals surface area contributed by atoms with Gasteiger partial charge in [0.15, 0.2) is 0 Å². The van der Waals surface area contributed by atoms with Crippen LogP contribution in [-0.4, -0.2) is 20.0 Å². The molecule has 2 atom stereocenters. The van der Waals surface area contributed by atoms with Crippen LogP contribution < -0.4 is 5.30 Å². The van der Waals surface area contributed by atoms with Crippen molar-refractivity contribution in [3.05, 3.63) is 41.0 Å². The van der Waals surface area contributed by atoms with Gasteiger partial charge in [-0.15, -0.1) is 0 Å². The quantitative estimate of drug-likeness (QED) is 0.307. The Morgan fingerprint density at radius 1 is 1.30 bits per heavy atom. The first-order valence-corrected chi connectivity index (χ1v) is 11.2. The molecule has 0 aliphatic heterocycles. The topological polar surface area (TPSA) is 98.0 Å². The van der Waals surface area contributed by atoms with Crippen molar-refractivity contribution in [1.29, 1.82) is 0 Å². The third-order valence-electron chi connectivity index (χ3n) is 5.43. The summed E-state index contributed by atoms with van der Waals surface area (Å²) in [6.07, 6.45) is 6.70. The van der Waals surface area contributed by atoms with E-state index in [1.165, 1.54) is 6.07 Å². The normalized spacial score (nSPS) is 20.4. The van der Waals surface area contributed by atoms with Crippen LogP contribution in [0, 0.1) is 5.92 Å². The summed E-state index contributed by atoms with van der Waals surface area (Å²) in [5.74, 6) is -0.942. The van der Waals surface area contributed by atoms with Crippen molar-refractivity contribution in [3.63, 3.8) is 0 Å². The largest absolute Gasteiger partial charge is 0.507 e. The summed E-state index contributed by atoms with van der Waals surface area (Å²) in [7, 11) is -4.70. The van der Waals surface area contributed by atoms with Crippen molar-refractivity contribution in [3.8, 4) is 11.5 Å². The summed E-state index contributed by atoms with van der Waals surface area (Å²) in [5, 5.41) is 21.2. The minimum absolute atomic E-state index is 0.000984. The molecule has 0 unspecified atom stereocenters. The van der Waals surface area contributed by atoms with E-state index < -0.39 is 13.3 Å². The molecular formula is C21H31O5P. The SMILES string of the molecule is C=C(C)[C@@H]1CCC(C)=C[C@H]1c1c(O)cc(CCCCC)c(P(=O)(O)O)c1O. The van der Waals surface area contributed by atoms with Crippen LogP contribution in [0.15, 0.2) is 29.9 Å². The smallest absolute Gasteiger partial charge is 0.360 e. The van der Waals surface area contributed by atoms with Gasteiger partial charge in [-0.3, -0.25) is 4.57 Å². The molecule has 0 fully saturated rings. The molecular weight excluding hydrogens is 363 g/mol. The first kappa shape index (κ1) is 21.7. The van der Waals surface area contributed by atoms with Crippen LogP contribution in [0.3, 0.4) is 0 Å². The molecule has 2 rings (SSSR count). The standard InChI is InChI=1S/C21H31O5P/c1-5-6-7-8-15-12-18(22)19(20(23)21(15)27(24,25)26)17-11-14(4)9-10-16(17)13(2)3/h11-12,16-17,22-23H,2,5-10H2,1,3-4H3,(H2,24,25,26)/t16-,17+/m0/s1. The fourth-order valence-corrected chi connectivity index (χ4v) is 4.97. The summed E-state index contributed by atoms with van der Waals surface area (Å²) >= 11 is 0. The number of hydrogen-bond acceptors (Lipinski definition) is 3. The highest BCUT2D eigenvalue weighted by molar-refractivity contribution is 7.60. The van der Waals surface area contributed by atoms with Gasteiger partial charge in [-0.25, -0.2) is 0 Å². The van der Waals surface area contributed by atoms with Gasteiger partial charge < -0.3 is 20.0 Å². The van der Waals surface area contributed by atoms with Gasteiger partial charge in [0.25, 0.3) is 0 Å². The van der Waals surface area contributed by atoms with Gasteiger partial charge in [0, 0.05) is 11.5 Å². The molecule has 1 aromatic carbocycles. The zero-order valence-corrected chi connectivity index (χ0v) is 17.3. The van der Waals surface area contributed by atoms with E-state index in [-0.39, 0.29) is 28.5 Å². The Labute approximate surface area is 161 Å². The molecule has 4 N–H and O–H groups in total. The molecule has 0 heterocycles. The molecule has 0 spiro atoms. The zero-order chi connectivity index (χ0) is 20.4. The van der Waals surface area contributed by atoms with E-state index in [0.717, 1.165) is 43.3 Å². The molecule has 1 aliphatic rings. The number of phenolic OH excluding ortho intramolecular Hbond substituents is 2. The van der Waals surface area contributed by atoms with Gasteiger partial charge in [-0.1, -0.05) is 43.6 Å². The molecule has 27 heavy (non-hydrogen) atoms. The van der Waals surface area contributed by atoms with E-state index in [9.17, 15) is 24.6 Å². The van der Waals surface area contributed by atoms with Crippen molar-refractivity contribution in [1.82, 2.24) is 0 Å². The van der Waals surface area contributed by atoms with Gasteiger partial charge in [0.05, 0.1) is 0 Å². The lowest BCUT2D eigenvalue weighted by molar-refractivity contribution is 0.380. The fourth-order valence-electron chi connectivity index (χ4n) is 4.03. The van der Waals surface area contributed by atoms with E-state index in [1.807, 2.05) is 26.8 Å². The second-order valence-corrected chi connectivity index (χ2v) is 9.23. The van der Waals surface area contributed by atoms with E-state index >= 15 is 0 Å². The maximum Gasteiger partial charge on any atom is 0.360 e. The number of rotatable bonds is 7. The Balaban J connectivity index is 2.65. The number of allylic oxidation sites excluding steroid dienone is 3. The summed E-state index contributed by atoms with van der Waals surface area (Å²) in [6, 6.07) is 1.42. The summed E-state index contributed by atoms with van der Waals surface area (Å²) in [6.45, 7) is 9.96. The molecule has 1 aromatic rings. The zero-order valence-electron chi connectivity index (χ0n) is 16.4. The first-order valence-electron chi connectivity index (χ1n) is 9.54. The minimum atomic E-state index is -4.70. The lowest BCUT2D eigenvalue weighted by Crippen LogP contribution is -2.20. The molecule has 0 radical (unpaired) electrons. The minimum Gasteiger partial charge on any atom is -0.507 e. The van der Waals surface area contributed by atoms with Crippen molar-refractivity contribution < 1.29 is 24.6 Å². The molecule has 0 amide bonds. The third-order valence-corrected chi connectivity index (χ3v) is 6.51. The van der Waals surface area contributed by atoms with E-state index in [1.54, 1.807) is 0 Å². The van der Waals surface area contributed by atoms with Gasteiger partial charge in [-0.2, -0.15) is 0 Å². The Kier molecular flexibility index (Phi) is 6.96. The van der Waals surface area contributed by atoms with Crippen LogP contribution in [0.1, 0.15) is 69.9 Å². The molecule has 0 aromatic heterocycles. The second kappa shape index (κ2) is 8.64. The average Bonchev–Trinajstić information content (AvgIpc) is 2.53. The van der Waals surface area contributed by atoms with E-state index in [4.69, 9.17) is 0 Å². The predicted octanol–water partition coefficient (Wildman–Crippen LogP) is 4.65. The van der Waals surface area contributed by atoms with Gasteiger partial charge in [-0.05, 0) is 57.1 Å². The van der Waals surface area contributed by atoms with Gasteiger partial charge in [0.2, 0.25) is 0 Å².